The van der Waals surface area contributed by atoms with Crippen LogP contribution in [0.5, 0.6) is 0 Å². The van der Waals surface area contributed by atoms with E-state index in [1.54, 1.807) is 24.3 Å². The molecule has 1 N–H and O–H groups in total. The first-order valence-corrected chi connectivity index (χ1v) is 10.5. The highest BCUT2D eigenvalue weighted by Crippen LogP contribution is 2.34. The van der Waals surface area contributed by atoms with Crippen LogP contribution < -0.4 is 0 Å². The van der Waals surface area contributed by atoms with Crippen molar-refractivity contribution in [3.05, 3.63) is 71.8 Å². The van der Waals surface area contributed by atoms with Gasteiger partial charge in [0.05, 0.1) is 5.75 Å². The smallest absolute Gasteiger partial charge is 0.204 e. The fourth-order valence-corrected chi connectivity index (χ4v) is 5.45. The normalized spacial score (nSPS) is 11.6. The number of nitrogens with one attached hydrogen (secondary N) is 1. The second-order valence-corrected chi connectivity index (χ2v) is 9.24. The van der Waals surface area contributed by atoms with E-state index < -0.39 is 21.5 Å². The Morgan fingerprint density at radius 2 is 1.89 bits per heavy atom. The van der Waals surface area contributed by atoms with Crippen LogP contribution in [0, 0.1) is 11.6 Å². The van der Waals surface area contributed by atoms with Crippen molar-refractivity contribution in [3.63, 3.8) is 0 Å². The molecule has 0 aliphatic carbocycles. The van der Waals surface area contributed by atoms with E-state index in [2.05, 4.69) is 20.6 Å². The maximum absolute atomic E-state index is 14.0. The van der Waals surface area contributed by atoms with Gasteiger partial charge in [0, 0.05) is 22.1 Å². The van der Waals surface area contributed by atoms with Gasteiger partial charge in [-0.3, -0.25) is 0 Å². The van der Waals surface area contributed by atoms with E-state index in [1.165, 1.54) is 18.2 Å². The molecule has 2 aromatic carbocycles. The molecule has 4 aromatic rings. The van der Waals surface area contributed by atoms with Gasteiger partial charge in [-0.2, -0.15) is 5.21 Å². The molecule has 2 aromatic heterocycles. The Morgan fingerprint density at radius 3 is 2.64 bits per heavy atom. The van der Waals surface area contributed by atoms with Crippen molar-refractivity contribution in [2.24, 2.45) is 0 Å². The fraction of sp³-hybridized carbons (Fsp3) is 0.0556. The van der Waals surface area contributed by atoms with Crippen molar-refractivity contribution in [2.45, 2.75) is 9.96 Å². The molecule has 28 heavy (non-hydrogen) atoms. The Hall–Kier alpha value is -2.98. The number of thiophene rings is 1. The second-order valence-electron chi connectivity index (χ2n) is 5.94. The van der Waals surface area contributed by atoms with E-state index in [0.29, 0.717) is 21.8 Å². The molecule has 142 valence electrons. The summed E-state index contributed by atoms with van der Waals surface area (Å²) in [4.78, 5) is 0.414. The van der Waals surface area contributed by atoms with Crippen molar-refractivity contribution in [2.75, 3.05) is 0 Å². The monoisotopic (exact) mass is 418 g/mol. The number of aromatic nitrogens is 4. The summed E-state index contributed by atoms with van der Waals surface area (Å²) in [5.74, 6) is -1.29. The van der Waals surface area contributed by atoms with Crippen LogP contribution in [0.4, 0.5) is 8.78 Å². The molecule has 10 heteroatoms. The van der Waals surface area contributed by atoms with Crippen LogP contribution in [-0.4, -0.2) is 29.0 Å². The zero-order valence-electron chi connectivity index (χ0n) is 14.1. The molecular weight excluding hydrogens is 406 g/mol. The highest BCUT2D eigenvalue weighted by Gasteiger charge is 2.20. The molecule has 2 heterocycles. The molecule has 0 atom stereocenters. The molecule has 0 aliphatic rings. The summed E-state index contributed by atoms with van der Waals surface area (Å²) in [6.07, 6.45) is 0. The first-order valence-electron chi connectivity index (χ1n) is 8.03. The number of aromatic amines is 1. The molecule has 0 spiro atoms. The van der Waals surface area contributed by atoms with Crippen LogP contribution in [0.1, 0.15) is 5.56 Å². The number of sulfone groups is 1. The van der Waals surface area contributed by atoms with Crippen molar-refractivity contribution < 1.29 is 17.2 Å². The SMILES string of the molecule is O=S(=O)(Cc1cccc(-c2nn[nH]n2)c1)c1ccc(-c2ccc(F)cc2F)s1. The zero-order valence-corrected chi connectivity index (χ0v) is 15.8. The van der Waals surface area contributed by atoms with Crippen LogP contribution in [0.2, 0.25) is 0 Å². The molecule has 0 bridgehead atoms. The molecule has 0 amide bonds. The molecule has 0 saturated heterocycles. The van der Waals surface area contributed by atoms with E-state index in [4.69, 9.17) is 0 Å². The third kappa shape index (κ3) is 3.69. The third-order valence-corrected chi connectivity index (χ3v) is 7.36. The van der Waals surface area contributed by atoms with Crippen LogP contribution in [-0.2, 0) is 15.6 Å². The first-order chi connectivity index (χ1) is 13.4. The van der Waals surface area contributed by atoms with E-state index in [1.807, 2.05) is 0 Å². The Morgan fingerprint density at radius 1 is 1.04 bits per heavy atom. The molecule has 0 aliphatic heterocycles. The highest BCUT2D eigenvalue weighted by molar-refractivity contribution is 7.92. The quantitative estimate of drug-likeness (QED) is 0.532. The number of hydrogen-bond donors (Lipinski definition) is 1. The van der Waals surface area contributed by atoms with Gasteiger partial charge in [0.2, 0.25) is 5.82 Å². The van der Waals surface area contributed by atoms with Crippen molar-refractivity contribution in [3.8, 4) is 21.8 Å². The van der Waals surface area contributed by atoms with E-state index >= 15 is 0 Å². The lowest BCUT2D eigenvalue weighted by atomic mass is 10.1. The number of rotatable bonds is 5. The van der Waals surface area contributed by atoms with E-state index in [-0.39, 0.29) is 15.5 Å². The summed E-state index contributed by atoms with van der Waals surface area (Å²) < 4.78 is 52.7. The second kappa shape index (κ2) is 7.21. The van der Waals surface area contributed by atoms with Gasteiger partial charge < -0.3 is 0 Å². The number of nitrogens with zero attached hydrogens (tertiary/aromatic N) is 3. The van der Waals surface area contributed by atoms with Gasteiger partial charge >= 0.3 is 0 Å². The minimum Gasteiger partial charge on any atom is -0.223 e. The predicted molar refractivity (Wildman–Crippen MR) is 100 cm³/mol. The standard InChI is InChI=1S/C18H12F2N4O2S2/c19-13-4-5-14(15(20)9-13)16-6-7-17(27-16)28(25,26)10-11-2-1-3-12(8-11)18-21-23-24-22-18/h1-9H,10H2,(H,21,22,23,24). The van der Waals surface area contributed by atoms with E-state index in [9.17, 15) is 17.2 Å². The predicted octanol–water partition coefficient (Wildman–Crippen LogP) is 3.85. The Balaban J connectivity index is 1.61. The molecule has 0 fully saturated rings. The molecular formula is C18H12F2N4O2S2. The summed E-state index contributed by atoms with van der Waals surface area (Å²) >= 11 is 0.944. The number of tetrazole rings is 1. The van der Waals surface area contributed by atoms with Crippen LogP contribution >= 0.6 is 11.3 Å². The number of benzene rings is 2. The van der Waals surface area contributed by atoms with Crippen molar-refractivity contribution in [1.82, 2.24) is 20.6 Å². The molecule has 0 saturated carbocycles. The Kier molecular flexibility index (Phi) is 4.73. The average Bonchev–Trinajstić information content (AvgIpc) is 3.34. The van der Waals surface area contributed by atoms with Crippen LogP contribution in [0.25, 0.3) is 21.8 Å². The topological polar surface area (TPSA) is 88.6 Å². The van der Waals surface area contributed by atoms with Crippen LogP contribution in [0.15, 0.2) is 58.8 Å². The lowest BCUT2D eigenvalue weighted by molar-refractivity contribution is 0.585. The first kappa shape index (κ1) is 18.4. The summed E-state index contributed by atoms with van der Waals surface area (Å²) in [6.45, 7) is 0. The largest absolute Gasteiger partial charge is 0.223 e. The lowest BCUT2D eigenvalue weighted by Crippen LogP contribution is -2.03. The van der Waals surface area contributed by atoms with Crippen LogP contribution in [0.3, 0.4) is 0 Å². The maximum Gasteiger partial charge on any atom is 0.204 e. The molecule has 0 unspecified atom stereocenters. The van der Waals surface area contributed by atoms with Gasteiger partial charge in [0.25, 0.3) is 0 Å². The molecule has 4 rings (SSSR count). The van der Waals surface area contributed by atoms with Crippen molar-refractivity contribution >= 4 is 21.2 Å². The van der Waals surface area contributed by atoms with Gasteiger partial charge in [-0.05, 0) is 41.1 Å². The van der Waals surface area contributed by atoms with Gasteiger partial charge in [-0.15, -0.1) is 21.5 Å². The molecule has 6 nitrogen and oxygen atoms in total. The fourth-order valence-electron chi connectivity index (χ4n) is 2.70. The molecule has 0 radical (unpaired) electrons. The van der Waals surface area contributed by atoms with E-state index in [0.717, 1.165) is 23.5 Å². The van der Waals surface area contributed by atoms with Gasteiger partial charge in [0.15, 0.2) is 9.84 Å². The van der Waals surface area contributed by atoms with Gasteiger partial charge in [0.1, 0.15) is 15.8 Å². The van der Waals surface area contributed by atoms with Crippen molar-refractivity contribution in [1.29, 1.82) is 0 Å². The zero-order chi connectivity index (χ0) is 19.7. The number of hydrogen-bond acceptors (Lipinski definition) is 6. The Labute approximate surface area is 162 Å². The Bertz CT molecular complexity index is 1240. The third-order valence-electron chi connectivity index (χ3n) is 3.97. The minimum atomic E-state index is -3.65. The summed E-state index contributed by atoms with van der Waals surface area (Å²) in [6, 6.07) is 13.0. The van der Waals surface area contributed by atoms with Gasteiger partial charge in [-0.1, -0.05) is 18.2 Å². The minimum absolute atomic E-state index is 0.108. The van der Waals surface area contributed by atoms with Gasteiger partial charge in [-0.25, -0.2) is 17.2 Å². The number of halogens is 2. The number of H-pyrrole nitrogens is 1. The highest BCUT2D eigenvalue weighted by atomic mass is 32.2. The summed E-state index contributed by atoms with van der Waals surface area (Å²) in [5.41, 5.74) is 1.36. The lowest BCUT2D eigenvalue weighted by Gasteiger charge is -2.04. The maximum atomic E-state index is 14.0. The average molecular weight is 418 g/mol. The summed E-state index contributed by atoms with van der Waals surface area (Å²) in [7, 11) is -3.65. The summed E-state index contributed by atoms with van der Waals surface area (Å²) in [5, 5.41) is 13.6.